The van der Waals surface area contributed by atoms with Crippen LogP contribution in [0.25, 0.3) is 0 Å². The predicted molar refractivity (Wildman–Crippen MR) is 97.5 cm³/mol. The second-order valence-electron chi connectivity index (χ2n) is 6.56. The molecule has 2 heterocycles. The van der Waals surface area contributed by atoms with Crippen LogP contribution in [-0.2, 0) is 9.59 Å². The Morgan fingerprint density at radius 1 is 1.29 bits per heavy atom. The second kappa shape index (κ2) is 7.72. The number of benzene rings is 1. The summed E-state index contributed by atoms with van der Waals surface area (Å²) in [6.07, 6.45) is 1.22. The van der Waals surface area contributed by atoms with Crippen LogP contribution >= 0.6 is 24.0 Å². The van der Waals surface area contributed by atoms with Gasteiger partial charge in [0.2, 0.25) is 11.8 Å². The Bertz CT molecular complexity index is 608. The highest BCUT2D eigenvalue weighted by Gasteiger charge is 2.40. The minimum absolute atomic E-state index is 0. The van der Waals surface area contributed by atoms with Crippen molar-refractivity contribution in [2.45, 2.75) is 25.8 Å². The van der Waals surface area contributed by atoms with E-state index in [1.165, 1.54) is 0 Å². The molecule has 24 heavy (non-hydrogen) atoms. The van der Waals surface area contributed by atoms with Crippen molar-refractivity contribution in [2.75, 3.05) is 24.5 Å². The van der Waals surface area contributed by atoms with Gasteiger partial charge in [-0.15, -0.1) is 12.4 Å². The van der Waals surface area contributed by atoms with E-state index >= 15 is 0 Å². The monoisotopic (exact) mass is 371 g/mol. The zero-order chi connectivity index (χ0) is 16.6. The van der Waals surface area contributed by atoms with Crippen molar-refractivity contribution >= 4 is 41.5 Å². The molecule has 7 heteroatoms. The average Bonchev–Trinajstić information content (AvgIpc) is 3.10. The largest absolute Gasteiger partial charge is 0.339 e. The molecule has 0 aliphatic carbocycles. The highest BCUT2D eigenvalue weighted by Crippen LogP contribution is 2.30. The summed E-state index contributed by atoms with van der Waals surface area (Å²) in [5.41, 5.74) is 6.53. The summed E-state index contributed by atoms with van der Waals surface area (Å²) in [4.78, 5) is 28.7. The second-order valence-corrected chi connectivity index (χ2v) is 7.00. The number of carbonyl (C=O) groups excluding carboxylic acids is 2. The van der Waals surface area contributed by atoms with Crippen molar-refractivity contribution in [3.05, 3.63) is 29.3 Å². The maximum atomic E-state index is 12.8. The lowest BCUT2D eigenvalue weighted by atomic mass is 10.1. The molecule has 0 bridgehead atoms. The fourth-order valence-electron chi connectivity index (χ4n) is 3.60. The Labute approximate surface area is 153 Å². The molecule has 2 saturated heterocycles. The van der Waals surface area contributed by atoms with Gasteiger partial charge in [0, 0.05) is 36.3 Å². The average molecular weight is 372 g/mol. The van der Waals surface area contributed by atoms with Gasteiger partial charge in [-0.2, -0.15) is 0 Å². The number of anilines is 1. The molecule has 2 aliphatic rings. The van der Waals surface area contributed by atoms with Crippen LogP contribution in [0.15, 0.2) is 24.3 Å². The third-order valence-corrected chi connectivity index (χ3v) is 5.14. The van der Waals surface area contributed by atoms with E-state index in [2.05, 4.69) is 6.92 Å². The van der Waals surface area contributed by atoms with Crippen LogP contribution in [-0.4, -0.2) is 42.4 Å². The molecule has 3 unspecified atom stereocenters. The van der Waals surface area contributed by atoms with Gasteiger partial charge in [-0.05, 0) is 50.1 Å². The van der Waals surface area contributed by atoms with Crippen LogP contribution in [0.3, 0.4) is 0 Å². The summed E-state index contributed by atoms with van der Waals surface area (Å²) in [6, 6.07) is 7.35. The SMILES string of the molecule is CC1CC(CN)CN1C(=O)C1CC(=O)N(c2ccc(Cl)cc2)C1.Cl. The Morgan fingerprint density at radius 3 is 2.54 bits per heavy atom. The van der Waals surface area contributed by atoms with Crippen LogP contribution in [0.4, 0.5) is 5.69 Å². The predicted octanol–water partition coefficient (Wildman–Crippen LogP) is 2.31. The molecule has 1 aromatic carbocycles. The van der Waals surface area contributed by atoms with Gasteiger partial charge < -0.3 is 15.5 Å². The van der Waals surface area contributed by atoms with Gasteiger partial charge in [0.25, 0.3) is 0 Å². The molecule has 132 valence electrons. The van der Waals surface area contributed by atoms with Crippen LogP contribution in [0.5, 0.6) is 0 Å². The van der Waals surface area contributed by atoms with Crippen molar-refractivity contribution in [3.8, 4) is 0 Å². The minimum Gasteiger partial charge on any atom is -0.339 e. The molecular weight excluding hydrogens is 349 g/mol. The molecule has 3 atom stereocenters. The summed E-state index contributed by atoms with van der Waals surface area (Å²) in [5.74, 6) is 0.182. The van der Waals surface area contributed by atoms with Gasteiger partial charge in [0.15, 0.2) is 0 Å². The van der Waals surface area contributed by atoms with E-state index in [0.29, 0.717) is 30.6 Å². The van der Waals surface area contributed by atoms with E-state index < -0.39 is 0 Å². The number of amides is 2. The van der Waals surface area contributed by atoms with Gasteiger partial charge in [-0.25, -0.2) is 0 Å². The Kier molecular flexibility index (Phi) is 6.12. The number of likely N-dealkylation sites (tertiary alicyclic amines) is 1. The lowest BCUT2D eigenvalue weighted by Crippen LogP contribution is -2.39. The van der Waals surface area contributed by atoms with E-state index in [1.54, 1.807) is 17.0 Å². The van der Waals surface area contributed by atoms with Crippen molar-refractivity contribution < 1.29 is 9.59 Å². The van der Waals surface area contributed by atoms with Gasteiger partial charge >= 0.3 is 0 Å². The zero-order valence-corrected chi connectivity index (χ0v) is 15.2. The summed E-state index contributed by atoms with van der Waals surface area (Å²) < 4.78 is 0. The fraction of sp³-hybridized carbons (Fsp3) is 0.529. The van der Waals surface area contributed by atoms with Gasteiger partial charge in [-0.1, -0.05) is 11.6 Å². The number of nitrogens with zero attached hydrogens (tertiary/aromatic N) is 2. The molecular formula is C17H23Cl2N3O2. The summed E-state index contributed by atoms with van der Waals surface area (Å²) in [7, 11) is 0. The summed E-state index contributed by atoms with van der Waals surface area (Å²) in [5, 5.41) is 0.631. The highest BCUT2D eigenvalue weighted by molar-refractivity contribution is 6.30. The topological polar surface area (TPSA) is 66.6 Å². The maximum Gasteiger partial charge on any atom is 0.228 e. The number of carbonyl (C=O) groups is 2. The van der Waals surface area contributed by atoms with Crippen LogP contribution in [0, 0.1) is 11.8 Å². The normalized spacial score (nSPS) is 26.6. The number of nitrogens with two attached hydrogens (primary N) is 1. The first-order valence-electron chi connectivity index (χ1n) is 8.06. The maximum absolute atomic E-state index is 12.8. The van der Waals surface area contributed by atoms with E-state index in [1.807, 2.05) is 17.0 Å². The van der Waals surface area contributed by atoms with Crippen molar-refractivity contribution in [1.82, 2.24) is 4.90 Å². The molecule has 5 nitrogen and oxygen atoms in total. The molecule has 2 N–H and O–H groups in total. The van der Waals surface area contributed by atoms with Crippen LogP contribution in [0.1, 0.15) is 19.8 Å². The zero-order valence-electron chi connectivity index (χ0n) is 13.7. The smallest absolute Gasteiger partial charge is 0.228 e. The Balaban J connectivity index is 0.00000208. The van der Waals surface area contributed by atoms with Gasteiger partial charge in [0.05, 0.1) is 5.92 Å². The van der Waals surface area contributed by atoms with Crippen molar-refractivity contribution in [3.63, 3.8) is 0 Å². The fourth-order valence-corrected chi connectivity index (χ4v) is 3.72. The van der Waals surface area contributed by atoms with Gasteiger partial charge in [-0.3, -0.25) is 9.59 Å². The van der Waals surface area contributed by atoms with E-state index in [-0.39, 0.29) is 42.6 Å². The van der Waals surface area contributed by atoms with Crippen LogP contribution in [0.2, 0.25) is 5.02 Å². The quantitative estimate of drug-likeness (QED) is 0.886. The third-order valence-electron chi connectivity index (χ3n) is 4.89. The molecule has 2 amide bonds. The summed E-state index contributed by atoms with van der Waals surface area (Å²) in [6.45, 7) is 3.81. The summed E-state index contributed by atoms with van der Waals surface area (Å²) >= 11 is 5.89. The number of rotatable bonds is 3. The minimum atomic E-state index is -0.267. The first-order valence-corrected chi connectivity index (χ1v) is 8.44. The molecule has 0 radical (unpaired) electrons. The molecule has 0 saturated carbocycles. The van der Waals surface area contributed by atoms with Gasteiger partial charge in [0.1, 0.15) is 0 Å². The first kappa shape index (κ1) is 19.0. The van der Waals surface area contributed by atoms with Crippen molar-refractivity contribution in [1.29, 1.82) is 0 Å². The van der Waals surface area contributed by atoms with Crippen molar-refractivity contribution in [2.24, 2.45) is 17.6 Å². The number of hydrogen-bond acceptors (Lipinski definition) is 3. The molecule has 2 fully saturated rings. The van der Waals surface area contributed by atoms with E-state index in [0.717, 1.165) is 12.1 Å². The molecule has 3 rings (SSSR count). The lowest BCUT2D eigenvalue weighted by Gasteiger charge is -2.25. The Hall–Kier alpha value is -1.30. The number of hydrogen-bond donors (Lipinski definition) is 1. The molecule has 0 aromatic heterocycles. The lowest BCUT2D eigenvalue weighted by molar-refractivity contribution is -0.136. The van der Waals surface area contributed by atoms with Crippen LogP contribution < -0.4 is 10.6 Å². The van der Waals surface area contributed by atoms with E-state index in [9.17, 15) is 9.59 Å². The third kappa shape index (κ3) is 3.68. The molecule has 0 spiro atoms. The number of halogens is 2. The standard InChI is InChI=1S/C17H22ClN3O2.ClH/c1-11-6-12(8-19)9-20(11)17(23)13-7-16(22)21(10-13)15-4-2-14(18)3-5-15;/h2-5,11-13H,6-10,19H2,1H3;1H. The van der Waals surface area contributed by atoms with E-state index in [4.69, 9.17) is 17.3 Å². The first-order chi connectivity index (χ1) is 11.0. The molecule has 1 aromatic rings. The molecule has 2 aliphatic heterocycles. The Morgan fingerprint density at radius 2 is 1.96 bits per heavy atom. The highest BCUT2D eigenvalue weighted by atomic mass is 35.5.